The molecule has 0 amide bonds. The summed E-state index contributed by atoms with van der Waals surface area (Å²) in [5, 5.41) is 11.3. The van der Waals surface area contributed by atoms with E-state index in [0.29, 0.717) is 12.2 Å². The van der Waals surface area contributed by atoms with E-state index >= 15 is 0 Å². The monoisotopic (exact) mass is 596 g/mol. The van der Waals surface area contributed by atoms with E-state index in [1.54, 1.807) is 0 Å². The summed E-state index contributed by atoms with van der Waals surface area (Å²) in [7, 11) is -4.66. The molecule has 0 aromatic heterocycles. The quantitative estimate of drug-likeness (QED) is 0.0652. The van der Waals surface area contributed by atoms with Gasteiger partial charge in [0.15, 0.2) is 0 Å². The number of hydrogen-bond donors (Lipinski definition) is 2. The molecule has 0 fully saturated rings. The Morgan fingerprint density at radius 1 is 0.714 bits per heavy atom. The molecule has 0 radical (unpaired) electrons. The average molecular weight is 597 g/mol. The van der Waals surface area contributed by atoms with Crippen molar-refractivity contribution < 1.29 is 32.4 Å². The maximum atomic E-state index is 13.5. The highest BCUT2D eigenvalue weighted by atomic mass is 32.2. The van der Waals surface area contributed by atoms with Crippen LogP contribution in [0.5, 0.6) is 5.75 Å². The van der Waals surface area contributed by atoms with Crippen molar-refractivity contribution in [2.75, 3.05) is 0 Å². The third-order valence-electron chi connectivity index (χ3n) is 7.67. The number of esters is 1. The summed E-state index contributed by atoms with van der Waals surface area (Å²) < 4.78 is 38.9. The highest BCUT2D eigenvalue weighted by Crippen LogP contribution is 2.34. The van der Waals surface area contributed by atoms with Crippen LogP contribution in [0.3, 0.4) is 0 Å². The summed E-state index contributed by atoms with van der Waals surface area (Å²) in [5.41, 5.74) is 1.12. The van der Waals surface area contributed by atoms with Crippen molar-refractivity contribution in [2.24, 2.45) is 0 Å². The van der Waals surface area contributed by atoms with Gasteiger partial charge in [0, 0.05) is 5.39 Å². The van der Waals surface area contributed by atoms with Gasteiger partial charge in [0.05, 0.1) is 16.0 Å². The number of carbonyl (C=O) groups excluding carboxylic acids is 1. The van der Waals surface area contributed by atoms with Crippen molar-refractivity contribution in [1.29, 1.82) is 0 Å². The van der Waals surface area contributed by atoms with Gasteiger partial charge in [-0.25, -0.2) is 9.59 Å². The molecule has 0 aliphatic heterocycles. The van der Waals surface area contributed by atoms with Gasteiger partial charge in [-0.15, -0.1) is 0 Å². The molecule has 0 bridgehead atoms. The zero-order chi connectivity index (χ0) is 30.5. The van der Waals surface area contributed by atoms with Crippen LogP contribution in [0.1, 0.15) is 123 Å². The number of rotatable bonds is 18. The Kier molecular flexibility index (Phi) is 13.0. The maximum Gasteiger partial charge on any atom is 0.344 e. The molecule has 8 heteroatoms. The number of benzene rings is 3. The third-order valence-corrected chi connectivity index (χ3v) is 8.52. The third kappa shape index (κ3) is 9.66. The molecule has 42 heavy (non-hydrogen) atoms. The molecule has 228 valence electrons. The largest absolute Gasteiger partial charge is 0.478 e. The zero-order valence-electron chi connectivity index (χ0n) is 24.9. The summed E-state index contributed by atoms with van der Waals surface area (Å²) >= 11 is 0. The van der Waals surface area contributed by atoms with Crippen LogP contribution in [0.4, 0.5) is 0 Å². The number of carboxylic acid groups (broad SMARTS) is 1. The molecular weight excluding hydrogens is 552 g/mol. The smallest absolute Gasteiger partial charge is 0.344 e. The number of carbonyl (C=O) groups is 2. The van der Waals surface area contributed by atoms with Gasteiger partial charge in [0.2, 0.25) is 0 Å². The van der Waals surface area contributed by atoms with Crippen LogP contribution in [-0.4, -0.2) is 30.0 Å². The fourth-order valence-electron chi connectivity index (χ4n) is 5.25. The lowest BCUT2D eigenvalue weighted by Crippen LogP contribution is -2.16. The van der Waals surface area contributed by atoms with Gasteiger partial charge in [-0.05, 0) is 66.5 Å². The van der Waals surface area contributed by atoms with E-state index in [0.717, 1.165) is 78.6 Å². The second kappa shape index (κ2) is 16.4. The Hall–Kier alpha value is -3.23. The Morgan fingerprint density at radius 3 is 1.93 bits per heavy atom. The van der Waals surface area contributed by atoms with E-state index < -0.39 is 38.1 Å². The number of fused-ring (bicyclic) bond motifs is 1. The molecule has 0 unspecified atom stereocenters. The lowest BCUT2D eigenvalue weighted by atomic mass is 9.97. The van der Waals surface area contributed by atoms with Crippen molar-refractivity contribution in [1.82, 2.24) is 0 Å². The molecule has 7 nitrogen and oxygen atoms in total. The first-order valence-corrected chi connectivity index (χ1v) is 16.7. The number of aryl methyl sites for hydroxylation is 2. The number of ether oxygens (including phenoxy) is 1. The second-order valence-corrected chi connectivity index (χ2v) is 12.4. The lowest BCUT2D eigenvalue weighted by Gasteiger charge is -2.16. The van der Waals surface area contributed by atoms with E-state index in [9.17, 15) is 27.7 Å². The molecular formula is C34H44O7S. The highest BCUT2D eigenvalue weighted by Gasteiger charge is 2.24. The molecule has 0 spiro atoms. The summed E-state index contributed by atoms with van der Waals surface area (Å²) in [6.45, 7) is 4.38. The van der Waals surface area contributed by atoms with Gasteiger partial charge < -0.3 is 9.84 Å². The lowest BCUT2D eigenvalue weighted by molar-refractivity contribution is 0.0668. The second-order valence-electron chi connectivity index (χ2n) is 11.0. The molecule has 0 atom stereocenters. The van der Waals surface area contributed by atoms with E-state index in [1.807, 2.05) is 24.3 Å². The van der Waals surface area contributed by atoms with Crippen molar-refractivity contribution >= 4 is 32.8 Å². The van der Waals surface area contributed by atoms with Crippen molar-refractivity contribution in [3.05, 3.63) is 70.8 Å². The van der Waals surface area contributed by atoms with Crippen molar-refractivity contribution in [3.63, 3.8) is 0 Å². The summed E-state index contributed by atoms with van der Waals surface area (Å²) in [6.07, 6.45) is 15.4. The van der Waals surface area contributed by atoms with Crippen LogP contribution in [0.25, 0.3) is 10.8 Å². The Balaban J connectivity index is 1.95. The van der Waals surface area contributed by atoms with Gasteiger partial charge >= 0.3 is 11.9 Å². The van der Waals surface area contributed by atoms with Crippen LogP contribution in [-0.2, 0) is 23.0 Å². The minimum atomic E-state index is -4.66. The van der Waals surface area contributed by atoms with Gasteiger partial charge in [0.25, 0.3) is 10.1 Å². The molecule has 0 saturated carbocycles. The Morgan fingerprint density at radius 2 is 1.31 bits per heavy atom. The predicted octanol–water partition coefficient (Wildman–Crippen LogP) is 8.81. The molecule has 3 aromatic rings. The van der Waals surface area contributed by atoms with Crippen LogP contribution >= 0.6 is 0 Å². The standard InChI is InChI=1S/C34H44O7S/c1-3-5-7-9-11-13-15-25-17-18-26-19-20-27(16-14-12-10-8-6-4-2)32(30(26)23-25)41-34(37)31-24-28(42(38,39)40)21-22-29(31)33(35)36/h17-24H,3-16H2,1-2H3,(H,35,36)(H,38,39,40). The number of aromatic carboxylic acids is 1. The fourth-order valence-corrected chi connectivity index (χ4v) is 5.76. The van der Waals surface area contributed by atoms with Crippen LogP contribution in [0.15, 0.2) is 53.4 Å². The Labute approximate surface area is 250 Å². The molecule has 0 aliphatic carbocycles. The van der Waals surface area contributed by atoms with E-state index in [4.69, 9.17) is 4.74 Å². The van der Waals surface area contributed by atoms with Crippen LogP contribution in [0.2, 0.25) is 0 Å². The van der Waals surface area contributed by atoms with Gasteiger partial charge in [0.1, 0.15) is 5.75 Å². The van der Waals surface area contributed by atoms with Gasteiger partial charge in [-0.2, -0.15) is 8.42 Å². The normalized spacial score (nSPS) is 11.6. The summed E-state index contributed by atoms with van der Waals surface area (Å²) in [4.78, 5) is 24.8. The molecule has 2 N–H and O–H groups in total. The highest BCUT2D eigenvalue weighted by molar-refractivity contribution is 7.85. The Bertz CT molecular complexity index is 1450. The molecule has 0 aliphatic rings. The minimum absolute atomic E-state index is 0.365. The van der Waals surface area contributed by atoms with Gasteiger partial charge in [-0.3, -0.25) is 4.55 Å². The molecule has 0 heterocycles. The van der Waals surface area contributed by atoms with E-state index in [1.165, 1.54) is 44.9 Å². The van der Waals surface area contributed by atoms with Crippen LogP contribution in [0, 0.1) is 0 Å². The fraction of sp³-hybridized carbons (Fsp3) is 0.471. The summed E-state index contributed by atoms with van der Waals surface area (Å²) in [6, 6.07) is 12.9. The van der Waals surface area contributed by atoms with Gasteiger partial charge in [-0.1, -0.05) is 102 Å². The molecule has 3 rings (SSSR count). The zero-order valence-corrected chi connectivity index (χ0v) is 25.7. The molecule has 0 saturated heterocycles. The topological polar surface area (TPSA) is 118 Å². The summed E-state index contributed by atoms with van der Waals surface area (Å²) in [5.74, 6) is -2.03. The SMILES string of the molecule is CCCCCCCCc1ccc2ccc(CCCCCCCC)c(OC(=O)c3cc(S(=O)(=O)O)ccc3C(=O)O)c2c1. The first-order chi connectivity index (χ1) is 20.2. The first-order valence-electron chi connectivity index (χ1n) is 15.3. The van der Waals surface area contributed by atoms with E-state index in [-0.39, 0.29) is 0 Å². The first kappa shape index (κ1) is 33.3. The number of hydrogen-bond acceptors (Lipinski definition) is 5. The number of carboxylic acids is 1. The van der Waals surface area contributed by atoms with Crippen molar-refractivity contribution in [2.45, 2.75) is 109 Å². The van der Waals surface area contributed by atoms with Crippen LogP contribution < -0.4 is 4.74 Å². The molecule has 3 aromatic carbocycles. The minimum Gasteiger partial charge on any atom is -0.478 e. The predicted molar refractivity (Wildman–Crippen MR) is 166 cm³/mol. The van der Waals surface area contributed by atoms with Crippen molar-refractivity contribution in [3.8, 4) is 5.75 Å². The average Bonchev–Trinajstić information content (AvgIpc) is 2.96. The maximum absolute atomic E-state index is 13.5. The van der Waals surface area contributed by atoms with E-state index in [2.05, 4.69) is 19.9 Å². The number of unbranched alkanes of at least 4 members (excludes halogenated alkanes) is 10.